The molecule has 0 saturated carbocycles. The fourth-order valence-corrected chi connectivity index (χ4v) is 7.58. The Balaban J connectivity index is 1.19. The van der Waals surface area contributed by atoms with Crippen LogP contribution in [-0.2, 0) is 36.7 Å². The molecule has 1 aliphatic carbocycles. The van der Waals surface area contributed by atoms with Gasteiger partial charge in [0.15, 0.2) is 6.61 Å². The molecule has 1 aliphatic heterocycles. The quantitative estimate of drug-likeness (QED) is 0.202. The summed E-state index contributed by atoms with van der Waals surface area (Å²) in [7, 11) is 1.31. The van der Waals surface area contributed by atoms with Gasteiger partial charge in [-0.2, -0.15) is 0 Å². The van der Waals surface area contributed by atoms with Crippen LogP contribution in [0.15, 0.2) is 53.4 Å². The maximum atomic E-state index is 13.0. The highest BCUT2D eigenvalue weighted by Gasteiger charge is 2.40. The zero-order valence-corrected chi connectivity index (χ0v) is 25.2. The van der Waals surface area contributed by atoms with E-state index in [4.69, 9.17) is 15.2 Å². The molecule has 43 heavy (non-hydrogen) atoms. The lowest BCUT2D eigenvalue weighted by atomic mass is 9.96. The molecule has 12 heteroatoms. The summed E-state index contributed by atoms with van der Waals surface area (Å²) in [6.45, 7) is -0.560. The van der Waals surface area contributed by atoms with Crippen LogP contribution in [-0.4, -0.2) is 48.6 Å². The summed E-state index contributed by atoms with van der Waals surface area (Å²) in [5.41, 5.74) is 8.18. The van der Waals surface area contributed by atoms with E-state index in [0.29, 0.717) is 21.9 Å². The Morgan fingerprint density at radius 1 is 1.02 bits per heavy atom. The summed E-state index contributed by atoms with van der Waals surface area (Å²) in [6, 6.07) is 13.0. The van der Waals surface area contributed by atoms with E-state index < -0.39 is 29.7 Å². The first-order valence-electron chi connectivity index (χ1n) is 13.9. The average Bonchev–Trinajstić information content (AvgIpc) is 3.45. The van der Waals surface area contributed by atoms with Crippen molar-refractivity contribution in [1.29, 1.82) is 0 Å². The van der Waals surface area contributed by atoms with Gasteiger partial charge in [-0.1, -0.05) is 18.9 Å². The Labute approximate surface area is 256 Å². The second-order valence-electron chi connectivity index (χ2n) is 10.2. The highest BCUT2D eigenvalue weighted by atomic mass is 32.2. The molecule has 1 unspecified atom stereocenters. The standard InChI is InChI=1S/C31H31N3O7S2/c1-40-31(39)27-22-9-4-2-3-5-10-23(22)43-28(27)33-25(35)17-41-30(38)18-11-13-20(14-12-18)34-26(36)16-24(29(34)37)42-21-8-6-7-19(32)15-21/h6-8,11-15,24H,2-5,9-10,16-17,32H2,1H3,(H,33,35). The molecule has 3 aromatic rings. The molecule has 2 heterocycles. The number of hydrogen-bond donors (Lipinski definition) is 2. The Morgan fingerprint density at radius 3 is 2.49 bits per heavy atom. The third kappa shape index (κ3) is 6.91. The first-order chi connectivity index (χ1) is 20.7. The molecule has 224 valence electrons. The largest absolute Gasteiger partial charge is 0.465 e. The van der Waals surface area contributed by atoms with Gasteiger partial charge in [0, 0.05) is 21.9 Å². The number of anilines is 3. The first kappa shape index (κ1) is 30.3. The van der Waals surface area contributed by atoms with Crippen LogP contribution in [0.5, 0.6) is 0 Å². The Morgan fingerprint density at radius 2 is 1.77 bits per heavy atom. The molecule has 1 saturated heterocycles. The fraction of sp³-hybridized carbons (Fsp3) is 0.323. The summed E-state index contributed by atoms with van der Waals surface area (Å²) >= 11 is 2.64. The second kappa shape index (κ2) is 13.4. The van der Waals surface area contributed by atoms with Crippen LogP contribution >= 0.6 is 23.1 Å². The van der Waals surface area contributed by atoms with Crippen molar-refractivity contribution < 1.29 is 33.4 Å². The highest BCUT2D eigenvalue weighted by molar-refractivity contribution is 8.00. The number of thiophene rings is 1. The number of nitrogens with zero attached hydrogens (tertiary/aromatic N) is 1. The summed E-state index contributed by atoms with van der Waals surface area (Å²) < 4.78 is 10.2. The minimum absolute atomic E-state index is 0.0438. The van der Waals surface area contributed by atoms with Crippen molar-refractivity contribution in [2.45, 2.75) is 55.1 Å². The van der Waals surface area contributed by atoms with Gasteiger partial charge in [-0.15, -0.1) is 23.1 Å². The van der Waals surface area contributed by atoms with Gasteiger partial charge in [-0.3, -0.25) is 14.4 Å². The molecule has 1 atom stereocenters. The third-order valence-electron chi connectivity index (χ3n) is 7.25. The zero-order chi connectivity index (χ0) is 30.5. The van der Waals surface area contributed by atoms with Gasteiger partial charge in [0.25, 0.3) is 5.91 Å². The molecular weight excluding hydrogens is 590 g/mol. The van der Waals surface area contributed by atoms with E-state index in [-0.39, 0.29) is 23.8 Å². The van der Waals surface area contributed by atoms with Gasteiger partial charge in [-0.25, -0.2) is 14.5 Å². The average molecular weight is 622 g/mol. The Hall–Kier alpha value is -4.16. The van der Waals surface area contributed by atoms with E-state index in [1.54, 1.807) is 18.2 Å². The van der Waals surface area contributed by atoms with E-state index in [1.807, 2.05) is 6.07 Å². The number of carbonyl (C=O) groups excluding carboxylic acids is 5. The molecule has 1 aromatic heterocycles. The number of methoxy groups -OCH3 is 1. The van der Waals surface area contributed by atoms with Gasteiger partial charge in [0.05, 0.1) is 29.2 Å². The first-order valence-corrected chi connectivity index (χ1v) is 15.6. The molecule has 1 fully saturated rings. The number of rotatable bonds is 8. The molecule has 5 rings (SSSR count). The van der Waals surface area contributed by atoms with Gasteiger partial charge in [-0.05, 0) is 73.7 Å². The normalized spacial score (nSPS) is 16.7. The van der Waals surface area contributed by atoms with Crippen molar-refractivity contribution in [1.82, 2.24) is 0 Å². The fourth-order valence-electron chi connectivity index (χ4n) is 5.17. The van der Waals surface area contributed by atoms with E-state index in [2.05, 4.69) is 5.32 Å². The monoisotopic (exact) mass is 621 g/mol. The minimum atomic E-state index is -0.748. The van der Waals surface area contributed by atoms with E-state index in [9.17, 15) is 24.0 Å². The lowest BCUT2D eigenvalue weighted by molar-refractivity contribution is -0.121. The molecule has 0 bridgehead atoms. The SMILES string of the molecule is COC(=O)c1c(NC(=O)COC(=O)c2ccc(N3C(=O)CC(Sc4cccc(N)c4)C3=O)cc2)sc2c1CCCCCC2. The van der Waals surface area contributed by atoms with Gasteiger partial charge in [0.1, 0.15) is 5.00 Å². The van der Waals surface area contributed by atoms with Crippen molar-refractivity contribution in [3.8, 4) is 0 Å². The predicted molar refractivity (Wildman–Crippen MR) is 164 cm³/mol. The smallest absolute Gasteiger partial charge is 0.341 e. The number of nitrogens with one attached hydrogen (secondary N) is 1. The third-order valence-corrected chi connectivity index (χ3v) is 9.64. The number of hydrogen-bond acceptors (Lipinski definition) is 10. The number of ether oxygens (including phenoxy) is 2. The van der Waals surface area contributed by atoms with Gasteiger partial charge >= 0.3 is 11.9 Å². The molecule has 2 aliphatic rings. The number of aryl methyl sites for hydroxylation is 1. The highest BCUT2D eigenvalue weighted by Crippen LogP contribution is 2.38. The molecule has 0 spiro atoms. The van der Waals surface area contributed by atoms with Gasteiger partial charge < -0.3 is 20.5 Å². The number of amides is 3. The second-order valence-corrected chi connectivity index (χ2v) is 12.6. The number of benzene rings is 2. The van der Waals surface area contributed by atoms with E-state index in [0.717, 1.165) is 58.8 Å². The lowest BCUT2D eigenvalue weighted by Crippen LogP contribution is -2.31. The maximum Gasteiger partial charge on any atom is 0.341 e. The minimum Gasteiger partial charge on any atom is -0.465 e. The summed E-state index contributed by atoms with van der Waals surface area (Å²) in [5, 5.41) is 2.54. The molecule has 3 amide bonds. The number of carbonyl (C=O) groups is 5. The predicted octanol–water partition coefficient (Wildman–Crippen LogP) is 5.00. The van der Waals surface area contributed by atoms with Crippen LogP contribution in [0.25, 0.3) is 0 Å². The molecule has 3 N–H and O–H groups in total. The van der Waals surface area contributed by atoms with Crippen molar-refractivity contribution in [2.75, 3.05) is 29.7 Å². The number of nitrogens with two attached hydrogens (primary N) is 1. The number of nitrogen functional groups attached to an aromatic ring is 1. The lowest BCUT2D eigenvalue weighted by Gasteiger charge is -2.15. The maximum absolute atomic E-state index is 13.0. The van der Waals surface area contributed by atoms with Crippen LogP contribution < -0.4 is 16.0 Å². The number of imide groups is 1. The van der Waals surface area contributed by atoms with E-state index in [1.165, 1.54) is 54.5 Å². The van der Waals surface area contributed by atoms with Crippen molar-refractivity contribution in [2.24, 2.45) is 0 Å². The number of fused-ring (bicyclic) bond motifs is 1. The van der Waals surface area contributed by atoms with Crippen molar-refractivity contribution in [3.63, 3.8) is 0 Å². The topological polar surface area (TPSA) is 145 Å². The molecular formula is C31H31N3O7S2. The summed E-state index contributed by atoms with van der Waals surface area (Å²) in [5.74, 6) is -2.53. The van der Waals surface area contributed by atoms with Crippen molar-refractivity contribution >= 4 is 69.1 Å². The number of thioether (sulfide) groups is 1. The van der Waals surface area contributed by atoms with Crippen LogP contribution in [0.1, 0.15) is 63.3 Å². The Bertz CT molecular complexity index is 1570. The van der Waals surface area contributed by atoms with Crippen LogP contribution in [0.2, 0.25) is 0 Å². The van der Waals surface area contributed by atoms with Crippen LogP contribution in [0.3, 0.4) is 0 Å². The zero-order valence-electron chi connectivity index (χ0n) is 23.6. The Kier molecular flexibility index (Phi) is 9.46. The molecule has 0 radical (unpaired) electrons. The van der Waals surface area contributed by atoms with Crippen LogP contribution in [0.4, 0.5) is 16.4 Å². The summed E-state index contributed by atoms with van der Waals surface area (Å²) in [6.07, 6.45) is 5.80. The van der Waals surface area contributed by atoms with E-state index >= 15 is 0 Å². The molecule has 10 nitrogen and oxygen atoms in total. The molecule has 2 aromatic carbocycles. The number of esters is 2. The van der Waals surface area contributed by atoms with Crippen LogP contribution in [0, 0.1) is 0 Å². The van der Waals surface area contributed by atoms with Crippen molar-refractivity contribution in [3.05, 3.63) is 70.1 Å². The van der Waals surface area contributed by atoms with Gasteiger partial charge in [0.2, 0.25) is 11.8 Å². The summed E-state index contributed by atoms with van der Waals surface area (Å²) in [4.78, 5) is 66.6.